The van der Waals surface area contributed by atoms with Gasteiger partial charge in [0.2, 0.25) is 0 Å². The summed E-state index contributed by atoms with van der Waals surface area (Å²) in [6, 6.07) is 0. The van der Waals surface area contributed by atoms with E-state index in [0.717, 1.165) is 19.1 Å². The fourth-order valence-electron chi connectivity index (χ4n) is 2.39. The quantitative estimate of drug-likeness (QED) is 0.567. The van der Waals surface area contributed by atoms with E-state index in [0.29, 0.717) is 5.54 Å². The maximum absolute atomic E-state index is 5.36. The van der Waals surface area contributed by atoms with Crippen LogP contribution in [0.2, 0.25) is 0 Å². The zero-order chi connectivity index (χ0) is 7.73. The van der Waals surface area contributed by atoms with Crippen molar-refractivity contribution in [2.24, 2.45) is 5.92 Å². The van der Waals surface area contributed by atoms with Crippen LogP contribution in [0.4, 0.5) is 0 Å². The number of rotatable bonds is 0. The Kier molecular flexibility index (Phi) is 1.90. The van der Waals surface area contributed by atoms with Gasteiger partial charge in [0, 0.05) is 18.8 Å². The Balaban J connectivity index is 2.06. The first-order valence-electron chi connectivity index (χ1n) is 4.66. The van der Waals surface area contributed by atoms with E-state index >= 15 is 0 Å². The normalized spacial score (nSPS) is 36.3. The second-order valence-corrected chi connectivity index (χ2v) is 3.89. The van der Waals surface area contributed by atoms with Gasteiger partial charge in [0.25, 0.3) is 0 Å². The van der Waals surface area contributed by atoms with Crippen LogP contribution < -0.4 is 5.32 Å². The lowest BCUT2D eigenvalue weighted by Gasteiger charge is -2.37. The largest absolute Gasteiger partial charge is 0.381 e. The van der Waals surface area contributed by atoms with Gasteiger partial charge in [-0.1, -0.05) is 6.92 Å². The molecule has 0 aliphatic carbocycles. The molecular weight excluding hydrogens is 138 g/mol. The van der Waals surface area contributed by atoms with Crippen molar-refractivity contribution in [1.82, 2.24) is 5.32 Å². The number of nitrogens with one attached hydrogen (secondary N) is 1. The van der Waals surface area contributed by atoms with Gasteiger partial charge >= 0.3 is 0 Å². The van der Waals surface area contributed by atoms with Crippen molar-refractivity contribution >= 4 is 0 Å². The average molecular weight is 155 g/mol. The third kappa shape index (κ3) is 1.18. The van der Waals surface area contributed by atoms with Crippen molar-refractivity contribution in [1.29, 1.82) is 0 Å². The smallest absolute Gasteiger partial charge is 0.0483 e. The van der Waals surface area contributed by atoms with E-state index in [4.69, 9.17) is 4.74 Å². The van der Waals surface area contributed by atoms with Crippen LogP contribution in [0.5, 0.6) is 0 Å². The first kappa shape index (κ1) is 7.56. The maximum Gasteiger partial charge on any atom is 0.0483 e. The second kappa shape index (κ2) is 2.76. The SMILES string of the molecule is C[C@H]1CCNC12CCOCC2. The zero-order valence-corrected chi connectivity index (χ0v) is 7.23. The average Bonchev–Trinajstić information content (AvgIpc) is 2.36. The van der Waals surface area contributed by atoms with Crippen LogP contribution in [-0.4, -0.2) is 25.3 Å². The van der Waals surface area contributed by atoms with E-state index < -0.39 is 0 Å². The van der Waals surface area contributed by atoms with Gasteiger partial charge in [0.15, 0.2) is 0 Å². The fourth-order valence-corrected chi connectivity index (χ4v) is 2.39. The highest BCUT2D eigenvalue weighted by Crippen LogP contribution is 2.34. The van der Waals surface area contributed by atoms with E-state index in [1.165, 1.54) is 25.8 Å². The molecular formula is C9H17NO. The van der Waals surface area contributed by atoms with Crippen LogP contribution in [0.1, 0.15) is 26.2 Å². The summed E-state index contributed by atoms with van der Waals surface area (Å²) in [5.74, 6) is 0.853. The molecule has 1 atom stereocenters. The van der Waals surface area contributed by atoms with Gasteiger partial charge in [-0.3, -0.25) is 0 Å². The van der Waals surface area contributed by atoms with Crippen molar-refractivity contribution in [2.45, 2.75) is 31.7 Å². The molecule has 2 aliphatic rings. The van der Waals surface area contributed by atoms with Crippen molar-refractivity contribution in [3.8, 4) is 0 Å². The summed E-state index contributed by atoms with van der Waals surface area (Å²) < 4.78 is 5.36. The summed E-state index contributed by atoms with van der Waals surface area (Å²) in [5, 5.41) is 3.64. The summed E-state index contributed by atoms with van der Waals surface area (Å²) in [7, 11) is 0. The van der Waals surface area contributed by atoms with Crippen molar-refractivity contribution in [2.75, 3.05) is 19.8 Å². The highest BCUT2D eigenvalue weighted by Gasteiger charge is 2.40. The van der Waals surface area contributed by atoms with Gasteiger partial charge in [-0.15, -0.1) is 0 Å². The molecule has 2 nitrogen and oxygen atoms in total. The topological polar surface area (TPSA) is 21.3 Å². The molecule has 2 fully saturated rings. The minimum atomic E-state index is 0.457. The van der Waals surface area contributed by atoms with Crippen LogP contribution in [0, 0.1) is 5.92 Å². The Morgan fingerprint density at radius 2 is 2.09 bits per heavy atom. The molecule has 64 valence electrons. The minimum absolute atomic E-state index is 0.457. The Morgan fingerprint density at radius 3 is 2.64 bits per heavy atom. The molecule has 2 saturated heterocycles. The van der Waals surface area contributed by atoms with Gasteiger partial charge in [-0.2, -0.15) is 0 Å². The molecule has 2 rings (SSSR count). The van der Waals surface area contributed by atoms with Crippen LogP contribution >= 0.6 is 0 Å². The first-order valence-corrected chi connectivity index (χ1v) is 4.66. The van der Waals surface area contributed by atoms with Crippen LogP contribution in [0.15, 0.2) is 0 Å². The van der Waals surface area contributed by atoms with Gasteiger partial charge in [0.1, 0.15) is 0 Å². The Bertz CT molecular complexity index is 140. The molecule has 0 aromatic rings. The summed E-state index contributed by atoms with van der Waals surface area (Å²) in [6.45, 7) is 5.49. The van der Waals surface area contributed by atoms with Crippen molar-refractivity contribution in [3.63, 3.8) is 0 Å². The standard InChI is InChI=1S/C9H17NO/c1-8-2-5-10-9(8)3-6-11-7-4-9/h8,10H,2-7H2,1H3/t8-/m0/s1. The predicted octanol–water partition coefficient (Wildman–Crippen LogP) is 1.17. The monoisotopic (exact) mass is 155 g/mol. The predicted molar refractivity (Wildman–Crippen MR) is 44.6 cm³/mol. The van der Waals surface area contributed by atoms with Crippen LogP contribution in [0.25, 0.3) is 0 Å². The van der Waals surface area contributed by atoms with Gasteiger partial charge in [0.05, 0.1) is 0 Å². The minimum Gasteiger partial charge on any atom is -0.381 e. The summed E-state index contributed by atoms with van der Waals surface area (Å²) in [4.78, 5) is 0. The molecule has 0 aromatic carbocycles. The lowest BCUT2D eigenvalue weighted by molar-refractivity contribution is 0.0310. The number of ether oxygens (including phenoxy) is 1. The van der Waals surface area contributed by atoms with E-state index in [1.807, 2.05) is 0 Å². The molecule has 1 N–H and O–H groups in total. The molecule has 0 unspecified atom stereocenters. The van der Waals surface area contributed by atoms with Crippen molar-refractivity contribution < 1.29 is 4.74 Å². The molecule has 2 aliphatic heterocycles. The third-order valence-electron chi connectivity index (χ3n) is 3.38. The van der Waals surface area contributed by atoms with E-state index in [-0.39, 0.29) is 0 Å². The second-order valence-electron chi connectivity index (χ2n) is 3.89. The molecule has 0 amide bonds. The molecule has 0 aromatic heterocycles. The van der Waals surface area contributed by atoms with E-state index in [1.54, 1.807) is 0 Å². The summed E-state index contributed by atoms with van der Waals surface area (Å²) in [5.41, 5.74) is 0.457. The Hall–Kier alpha value is -0.0800. The van der Waals surface area contributed by atoms with E-state index in [2.05, 4.69) is 12.2 Å². The van der Waals surface area contributed by atoms with Crippen LogP contribution in [0.3, 0.4) is 0 Å². The van der Waals surface area contributed by atoms with Gasteiger partial charge < -0.3 is 10.1 Å². The number of hydrogen-bond donors (Lipinski definition) is 1. The fraction of sp³-hybridized carbons (Fsp3) is 1.00. The molecule has 0 bridgehead atoms. The molecule has 0 saturated carbocycles. The highest BCUT2D eigenvalue weighted by molar-refractivity contribution is 4.98. The summed E-state index contributed by atoms with van der Waals surface area (Å²) in [6.07, 6.45) is 3.78. The maximum atomic E-state index is 5.36. The summed E-state index contributed by atoms with van der Waals surface area (Å²) >= 11 is 0. The van der Waals surface area contributed by atoms with Crippen molar-refractivity contribution in [3.05, 3.63) is 0 Å². The lowest BCUT2D eigenvalue weighted by Crippen LogP contribution is -2.48. The molecule has 2 heterocycles. The zero-order valence-electron chi connectivity index (χ0n) is 7.23. The van der Waals surface area contributed by atoms with Gasteiger partial charge in [-0.05, 0) is 31.7 Å². The number of hydrogen-bond acceptors (Lipinski definition) is 2. The molecule has 11 heavy (non-hydrogen) atoms. The first-order chi connectivity index (χ1) is 5.33. The Labute approximate surface area is 68.3 Å². The highest BCUT2D eigenvalue weighted by atomic mass is 16.5. The Morgan fingerprint density at radius 1 is 1.36 bits per heavy atom. The third-order valence-corrected chi connectivity index (χ3v) is 3.38. The molecule has 0 radical (unpaired) electrons. The van der Waals surface area contributed by atoms with E-state index in [9.17, 15) is 0 Å². The lowest BCUT2D eigenvalue weighted by atomic mass is 9.80. The molecule has 2 heteroatoms. The van der Waals surface area contributed by atoms with Crippen LogP contribution in [-0.2, 0) is 4.74 Å². The van der Waals surface area contributed by atoms with Gasteiger partial charge in [-0.25, -0.2) is 0 Å². The molecule has 1 spiro atoms.